The van der Waals surface area contributed by atoms with Crippen LogP contribution >= 0.6 is 0 Å². The van der Waals surface area contributed by atoms with Crippen molar-refractivity contribution >= 4 is 15.7 Å². The van der Waals surface area contributed by atoms with E-state index in [2.05, 4.69) is 0 Å². The van der Waals surface area contributed by atoms with Crippen LogP contribution in [0.4, 0.5) is 5.69 Å². The number of nitro benzene ring substituents is 1. The normalized spacial score (nSPS) is 19.9. The third kappa shape index (κ3) is 2.92. The Morgan fingerprint density at radius 1 is 1.43 bits per heavy atom. The number of hydrogen-bond acceptors (Lipinski definition) is 5. The fourth-order valence-electron chi connectivity index (χ4n) is 2.53. The van der Waals surface area contributed by atoms with Crippen molar-refractivity contribution in [2.24, 2.45) is 11.7 Å². The molecule has 116 valence electrons. The smallest absolute Gasteiger partial charge is 0.271 e. The molecule has 21 heavy (non-hydrogen) atoms. The Bertz CT molecular complexity index is 672. The Labute approximate surface area is 123 Å². The summed E-state index contributed by atoms with van der Waals surface area (Å²) < 4.78 is 26.8. The average Bonchev–Trinajstić information content (AvgIpc) is 2.90. The lowest BCUT2D eigenvalue weighted by molar-refractivity contribution is -0.385. The Balaban J connectivity index is 2.47. The minimum atomic E-state index is -3.72. The van der Waals surface area contributed by atoms with Crippen molar-refractivity contribution in [2.75, 3.05) is 19.6 Å². The maximum absolute atomic E-state index is 12.7. The van der Waals surface area contributed by atoms with Crippen LogP contribution in [0.15, 0.2) is 17.0 Å². The van der Waals surface area contributed by atoms with E-state index in [9.17, 15) is 18.5 Å². The lowest BCUT2D eigenvalue weighted by atomic mass is 10.1. The Hall–Kier alpha value is -1.51. The molecule has 1 unspecified atom stereocenters. The van der Waals surface area contributed by atoms with Gasteiger partial charge in [-0.3, -0.25) is 10.1 Å². The third-order valence-corrected chi connectivity index (χ3v) is 6.01. The first-order chi connectivity index (χ1) is 9.77. The highest BCUT2D eigenvalue weighted by molar-refractivity contribution is 7.89. The molecule has 1 heterocycles. The number of hydrogen-bond donors (Lipinski definition) is 1. The minimum Gasteiger partial charge on any atom is -0.330 e. The molecule has 1 atom stereocenters. The number of nitro groups is 1. The van der Waals surface area contributed by atoms with E-state index in [1.54, 1.807) is 13.8 Å². The van der Waals surface area contributed by atoms with E-state index in [-0.39, 0.29) is 16.5 Å². The molecule has 0 saturated carbocycles. The minimum absolute atomic E-state index is 0.0203. The number of sulfonamides is 1. The quantitative estimate of drug-likeness (QED) is 0.663. The van der Waals surface area contributed by atoms with Gasteiger partial charge in [-0.1, -0.05) is 0 Å². The average molecular weight is 313 g/mol. The molecule has 2 rings (SSSR count). The largest absolute Gasteiger partial charge is 0.330 e. The zero-order valence-corrected chi connectivity index (χ0v) is 12.9. The summed E-state index contributed by atoms with van der Waals surface area (Å²) in [5, 5.41) is 10.9. The summed E-state index contributed by atoms with van der Waals surface area (Å²) >= 11 is 0. The fourth-order valence-corrected chi connectivity index (χ4v) is 4.38. The predicted molar refractivity (Wildman–Crippen MR) is 78.5 cm³/mol. The number of benzene rings is 1. The third-order valence-electron chi connectivity index (χ3n) is 4.02. The molecule has 0 aromatic heterocycles. The highest BCUT2D eigenvalue weighted by Crippen LogP contribution is 2.30. The summed E-state index contributed by atoms with van der Waals surface area (Å²) in [7, 11) is -3.72. The van der Waals surface area contributed by atoms with Crippen LogP contribution in [0, 0.1) is 29.9 Å². The first-order valence-electron chi connectivity index (χ1n) is 6.73. The molecule has 7 nitrogen and oxygen atoms in total. The molecule has 1 saturated heterocycles. The summed E-state index contributed by atoms with van der Waals surface area (Å²) in [4.78, 5) is 10.4. The molecule has 0 bridgehead atoms. The van der Waals surface area contributed by atoms with Gasteiger partial charge < -0.3 is 5.73 Å². The van der Waals surface area contributed by atoms with E-state index in [1.165, 1.54) is 10.4 Å². The summed E-state index contributed by atoms with van der Waals surface area (Å²) in [5.41, 5.74) is 6.53. The van der Waals surface area contributed by atoms with Gasteiger partial charge in [-0.25, -0.2) is 8.42 Å². The molecular formula is C13H19N3O4S. The van der Waals surface area contributed by atoms with E-state index in [0.717, 1.165) is 12.5 Å². The van der Waals surface area contributed by atoms with Crippen molar-refractivity contribution in [3.8, 4) is 0 Å². The molecule has 2 N–H and O–H groups in total. The summed E-state index contributed by atoms with van der Waals surface area (Å²) in [6.07, 6.45) is 0.725. The van der Waals surface area contributed by atoms with Gasteiger partial charge in [0.25, 0.3) is 5.69 Å². The molecule has 0 radical (unpaired) electrons. The summed E-state index contributed by atoms with van der Waals surface area (Å²) in [6.45, 7) is 4.57. The molecule has 1 aliphatic heterocycles. The highest BCUT2D eigenvalue weighted by Gasteiger charge is 2.34. The topological polar surface area (TPSA) is 107 Å². The lowest BCUT2D eigenvalue weighted by Crippen LogP contribution is -2.30. The van der Waals surface area contributed by atoms with Gasteiger partial charge in [0, 0.05) is 25.2 Å². The van der Waals surface area contributed by atoms with Gasteiger partial charge in [-0.05, 0) is 43.9 Å². The molecule has 1 fully saturated rings. The van der Waals surface area contributed by atoms with Crippen LogP contribution in [-0.2, 0) is 10.0 Å². The van der Waals surface area contributed by atoms with Crippen LogP contribution in [-0.4, -0.2) is 37.3 Å². The van der Waals surface area contributed by atoms with Gasteiger partial charge in [0.05, 0.1) is 9.82 Å². The second-order valence-corrected chi connectivity index (χ2v) is 7.30. The number of nitrogens with two attached hydrogens (primary N) is 1. The summed E-state index contributed by atoms with van der Waals surface area (Å²) in [5.74, 6) is 0.153. The van der Waals surface area contributed by atoms with E-state index >= 15 is 0 Å². The van der Waals surface area contributed by atoms with Crippen LogP contribution in [0.25, 0.3) is 0 Å². The van der Waals surface area contributed by atoms with E-state index < -0.39 is 14.9 Å². The number of aryl methyl sites for hydroxylation is 1. The predicted octanol–water partition coefficient (Wildman–Crippen LogP) is 1.18. The Kier molecular flexibility index (Phi) is 4.31. The van der Waals surface area contributed by atoms with E-state index in [4.69, 9.17) is 5.73 Å². The lowest BCUT2D eigenvalue weighted by Gasteiger charge is -2.18. The zero-order valence-electron chi connectivity index (χ0n) is 12.1. The zero-order chi connectivity index (χ0) is 15.8. The van der Waals surface area contributed by atoms with Crippen LogP contribution in [0.3, 0.4) is 0 Å². The van der Waals surface area contributed by atoms with Gasteiger partial charge in [-0.15, -0.1) is 0 Å². The van der Waals surface area contributed by atoms with Crippen molar-refractivity contribution < 1.29 is 13.3 Å². The SMILES string of the molecule is Cc1cc([N+](=O)[O-])cc(S(=O)(=O)N2CCC(CN)C2)c1C. The molecule has 0 aliphatic carbocycles. The number of rotatable bonds is 4. The fraction of sp³-hybridized carbons (Fsp3) is 0.538. The Morgan fingerprint density at radius 3 is 2.62 bits per heavy atom. The molecular weight excluding hydrogens is 294 g/mol. The molecule has 0 amide bonds. The van der Waals surface area contributed by atoms with Crippen LogP contribution in [0.1, 0.15) is 17.5 Å². The number of non-ortho nitro benzene ring substituents is 1. The second-order valence-electron chi connectivity index (χ2n) is 5.40. The van der Waals surface area contributed by atoms with Gasteiger partial charge >= 0.3 is 0 Å². The summed E-state index contributed by atoms with van der Waals surface area (Å²) in [6, 6.07) is 2.54. The molecule has 1 aromatic carbocycles. The Morgan fingerprint density at radius 2 is 2.10 bits per heavy atom. The maximum Gasteiger partial charge on any atom is 0.271 e. The van der Waals surface area contributed by atoms with Gasteiger partial charge in [0.2, 0.25) is 10.0 Å². The molecule has 8 heteroatoms. The van der Waals surface area contributed by atoms with E-state index in [0.29, 0.717) is 30.8 Å². The maximum atomic E-state index is 12.7. The standard InChI is InChI=1S/C13H19N3O4S/c1-9-5-12(16(17)18)6-13(10(9)2)21(19,20)15-4-3-11(7-14)8-15/h5-6,11H,3-4,7-8,14H2,1-2H3. The first kappa shape index (κ1) is 15.9. The molecule has 0 spiro atoms. The van der Waals surface area contributed by atoms with Crippen molar-refractivity contribution in [1.82, 2.24) is 4.31 Å². The van der Waals surface area contributed by atoms with Crippen molar-refractivity contribution in [2.45, 2.75) is 25.2 Å². The molecule has 1 aliphatic rings. The van der Waals surface area contributed by atoms with Gasteiger partial charge in [0.15, 0.2) is 0 Å². The van der Waals surface area contributed by atoms with Crippen LogP contribution < -0.4 is 5.73 Å². The number of nitrogens with zero attached hydrogens (tertiary/aromatic N) is 2. The van der Waals surface area contributed by atoms with Crippen LogP contribution in [0.5, 0.6) is 0 Å². The van der Waals surface area contributed by atoms with Crippen LogP contribution in [0.2, 0.25) is 0 Å². The van der Waals surface area contributed by atoms with E-state index in [1.807, 2.05) is 0 Å². The van der Waals surface area contributed by atoms with Gasteiger partial charge in [0.1, 0.15) is 0 Å². The van der Waals surface area contributed by atoms with Crippen molar-refractivity contribution in [3.63, 3.8) is 0 Å². The monoisotopic (exact) mass is 313 g/mol. The first-order valence-corrected chi connectivity index (χ1v) is 8.17. The second kappa shape index (κ2) is 5.70. The van der Waals surface area contributed by atoms with Gasteiger partial charge in [-0.2, -0.15) is 4.31 Å². The molecule has 1 aromatic rings. The highest BCUT2D eigenvalue weighted by atomic mass is 32.2. The van der Waals surface area contributed by atoms with Crippen molar-refractivity contribution in [3.05, 3.63) is 33.4 Å². The van der Waals surface area contributed by atoms with Crippen molar-refractivity contribution in [1.29, 1.82) is 0 Å².